The molecule has 1 fully saturated rings. The van der Waals surface area contributed by atoms with Gasteiger partial charge in [0.1, 0.15) is 0 Å². The number of rotatable bonds is 8. The van der Waals surface area contributed by atoms with E-state index in [-0.39, 0.29) is 24.0 Å². The van der Waals surface area contributed by atoms with Gasteiger partial charge in [-0.05, 0) is 30.5 Å². The highest BCUT2D eigenvalue weighted by atomic mass is 127. The lowest BCUT2D eigenvalue weighted by Gasteiger charge is -2.12. The molecule has 25 heavy (non-hydrogen) atoms. The van der Waals surface area contributed by atoms with Crippen molar-refractivity contribution in [2.75, 3.05) is 40.0 Å². The Morgan fingerprint density at radius 2 is 2.16 bits per heavy atom. The zero-order valence-electron chi connectivity index (χ0n) is 14.7. The third-order valence-corrected chi connectivity index (χ3v) is 3.90. The van der Waals surface area contributed by atoms with Crippen LogP contribution >= 0.6 is 24.0 Å². The molecule has 7 heteroatoms. The third-order valence-electron chi connectivity index (χ3n) is 3.90. The van der Waals surface area contributed by atoms with Crippen molar-refractivity contribution in [1.29, 1.82) is 5.26 Å². The Hall–Kier alpha value is -1.37. The first-order chi connectivity index (χ1) is 11.8. The Kier molecular flexibility index (Phi) is 11.2. The maximum Gasteiger partial charge on any atom is 0.191 e. The molecule has 1 aromatic rings. The van der Waals surface area contributed by atoms with Gasteiger partial charge in [-0.2, -0.15) is 5.26 Å². The molecule has 1 aromatic carbocycles. The molecule has 0 bridgehead atoms. The van der Waals surface area contributed by atoms with Gasteiger partial charge >= 0.3 is 0 Å². The highest BCUT2D eigenvalue weighted by Crippen LogP contribution is 2.12. The van der Waals surface area contributed by atoms with Crippen LogP contribution in [-0.2, 0) is 16.0 Å². The number of hydrogen-bond acceptors (Lipinski definition) is 4. The smallest absolute Gasteiger partial charge is 0.191 e. The molecule has 138 valence electrons. The van der Waals surface area contributed by atoms with Gasteiger partial charge in [0, 0.05) is 39.3 Å². The van der Waals surface area contributed by atoms with Gasteiger partial charge in [0.05, 0.1) is 24.8 Å². The van der Waals surface area contributed by atoms with Gasteiger partial charge < -0.3 is 20.1 Å². The number of halogens is 1. The Morgan fingerprint density at radius 1 is 1.36 bits per heavy atom. The zero-order valence-corrected chi connectivity index (χ0v) is 17.0. The molecule has 0 saturated carbocycles. The van der Waals surface area contributed by atoms with Crippen molar-refractivity contribution in [1.82, 2.24) is 10.6 Å². The van der Waals surface area contributed by atoms with Crippen LogP contribution in [0.3, 0.4) is 0 Å². The number of ether oxygens (including phenoxy) is 2. The second kappa shape index (κ2) is 12.9. The number of benzene rings is 1. The van der Waals surface area contributed by atoms with Crippen molar-refractivity contribution in [3.05, 3.63) is 35.4 Å². The molecule has 0 aliphatic carbocycles. The molecule has 0 radical (unpaired) electrons. The number of aliphatic imine (C=N–C) groups is 1. The van der Waals surface area contributed by atoms with Crippen molar-refractivity contribution in [2.24, 2.45) is 10.9 Å². The molecule has 1 heterocycles. The van der Waals surface area contributed by atoms with E-state index in [4.69, 9.17) is 14.7 Å². The summed E-state index contributed by atoms with van der Waals surface area (Å²) < 4.78 is 11.0. The molecule has 1 unspecified atom stereocenters. The molecule has 2 rings (SSSR count). The van der Waals surface area contributed by atoms with Gasteiger partial charge in [-0.25, -0.2) is 0 Å². The third kappa shape index (κ3) is 8.52. The van der Waals surface area contributed by atoms with Crippen LogP contribution in [0.5, 0.6) is 0 Å². The number of guanidine groups is 1. The molecule has 6 nitrogen and oxygen atoms in total. The fourth-order valence-electron chi connectivity index (χ4n) is 2.45. The topological polar surface area (TPSA) is 78.7 Å². The largest absolute Gasteiger partial charge is 0.381 e. The van der Waals surface area contributed by atoms with Gasteiger partial charge in [0.15, 0.2) is 5.96 Å². The fourth-order valence-corrected chi connectivity index (χ4v) is 2.45. The van der Waals surface area contributed by atoms with E-state index in [1.54, 1.807) is 7.05 Å². The maximum absolute atomic E-state index is 8.79. The zero-order chi connectivity index (χ0) is 17.0. The minimum atomic E-state index is 0. The molecular formula is C18H27IN4O2. The minimum absolute atomic E-state index is 0. The molecule has 0 spiro atoms. The van der Waals surface area contributed by atoms with Gasteiger partial charge in [0.25, 0.3) is 0 Å². The summed E-state index contributed by atoms with van der Waals surface area (Å²) in [5, 5.41) is 15.3. The summed E-state index contributed by atoms with van der Waals surface area (Å²) in [4.78, 5) is 4.20. The van der Waals surface area contributed by atoms with Crippen LogP contribution in [0.25, 0.3) is 0 Å². The van der Waals surface area contributed by atoms with Crippen LogP contribution in [0, 0.1) is 17.2 Å². The predicted molar refractivity (Wildman–Crippen MR) is 109 cm³/mol. The van der Waals surface area contributed by atoms with Crippen LogP contribution in [0.15, 0.2) is 29.3 Å². The van der Waals surface area contributed by atoms with Crippen molar-refractivity contribution in [3.8, 4) is 6.07 Å². The molecule has 1 aliphatic rings. The molecule has 0 aromatic heterocycles. The van der Waals surface area contributed by atoms with Crippen molar-refractivity contribution in [3.63, 3.8) is 0 Å². The first-order valence-corrected chi connectivity index (χ1v) is 8.41. The summed E-state index contributed by atoms with van der Waals surface area (Å²) in [5.74, 6) is 1.34. The highest BCUT2D eigenvalue weighted by Gasteiger charge is 2.15. The lowest BCUT2D eigenvalue weighted by atomic mass is 10.1. The summed E-state index contributed by atoms with van der Waals surface area (Å²) in [6, 6.07) is 9.64. The average Bonchev–Trinajstić information content (AvgIpc) is 3.14. The number of nitrogens with one attached hydrogen (secondary N) is 2. The molecule has 0 amide bonds. The summed E-state index contributed by atoms with van der Waals surface area (Å²) in [6.45, 7) is 4.74. The van der Waals surface area contributed by atoms with Crippen molar-refractivity contribution < 1.29 is 9.47 Å². The lowest BCUT2D eigenvalue weighted by molar-refractivity contribution is 0.0888. The minimum Gasteiger partial charge on any atom is -0.381 e. The van der Waals surface area contributed by atoms with Gasteiger partial charge in [-0.3, -0.25) is 4.99 Å². The van der Waals surface area contributed by atoms with E-state index in [0.29, 0.717) is 18.0 Å². The summed E-state index contributed by atoms with van der Waals surface area (Å²) in [7, 11) is 1.75. The first kappa shape index (κ1) is 21.7. The second-order valence-electron chi connectivity index (χ2n) is 5.82. The SMILES string of the molecule is CN=C(NCCCOCC1CCOC1)NCc1ccc(C#N)cc1.I. The first-order valence-electron chi connectivity index (χ1n) is 8.41. The van der Waals surface area contributed by atoms with Crippen LogP contribution in [-0.4, -0.2) is 46.0 Å². The standard InChI is InChI=1S/C18H26N4O2.HI/c1-20-18(22-12-16-5-3-15(11-19)4-6-16)21-8-2-9-23-13-17-7-10-24-14-17;/h3-6,17H,2,7-10,12-14H2,1H3,(H2,20,21,22);1H. The second-order valence-corrected chi connectivity index (χ2v) is 5.82. The Bertz CT molecular complexity index is 551. The van der Waals surface area contributed by atoms with Crippen LogP contribution in [0.1, 0.15) is 24.0 Å². The van der Waals surface area contributed by atoms with Gasteiger partial charge in [-0.15, -0.1) is 24.0 Å². The van der Waals surface area contributed by atoms with E-state index in [0.717, 1.165) is 57.3 Å². The summed E-state index contributed by atoms with van der Waals surface area (Å²) in [6.07, 6.45) is 2.05. The van der Waals surface area contributed by atoms with E-state index in [1.807, 2.05) is 24.3 Å². The van der Waals surface area contributed by atoms with E-state index in [9.17, 15) is 0 Å². The van der Waals surface area contributed by atoms with Gasteiger partial charge in [0.2, 0.25) is 0 Å². The monoisotopic (exact) mass is 458 g/mol. The van der Waals surface area contributed by atoms with E-state index in [1.165, 1.54) is 0 Å². The lowest BCUT2D eigenvalue weighted by Crippen LogP contribution is -2.37. The predicted octanol–water partition coefficient (Wildman–Crippen LogP) is 2.28. The van der Waals surface area contributed by atoms with E-state index in [2.05, 4.69) is 21.7 Å². The Balaban J connectivity index is 0.00000312. The average molecular weight is 458 g/mol. The highest BCUT2D eigenvalue weighted by molar-refractivity contribution is 14.0. The number of nitriles is 1. The van der Waals surface area contributed by atoms with Crippen molar-refractivity contribution in [2.45, 2.75) is 19.4 Å². The molecule has 1 saturated heterocycles. The number of hydrogen-bond donors (Lipinski definition) is 2. The van der Waals surface area contributed by atoms with Crippen LogP contribution in [0.2, 0.25) is 0 Å². The van der Waals surface area contributed by atoms with Crippen LogP contribution < -0.4 is 10.6 Å². The molecule has 2 N–H and O–H groups in total. The van der Waals surface area contributed by atoms with Crippen LogP contribution in [0.4, 0.5) is 0 Å². The fraction of sp³-hybridized carbons (Fsp3) is 0.556. The quantitative estimate of drug-likeness (QED) is 0.271. The maximum atomic E-state index is 8.79. The Morgan fingerprint density at radius 3 is 2.80 bits per heavy atom. The molecule has 1 atom stereocenters. The Labute approximate surface area is 167 Å². The number of nitrogens with zero attached hydrogens (tertiary/aromatic N) is 2. The van der Waals surface area contributed by atoms with E-state index >= 15 is 0 Å². The summed E-state index contributed by atoms with van der Waals surface area (Å²) >= 11 is 0. The molecular weight excluding hydrogens is 431 g/mol. The normalized spacial score (nSPS) is 16.8. The summed E-state index contributed by atoms with van der Waals surface area (Å²) in [5.41, 5.74) is 1.78. The van der Waals surface area contributed by atoms with Gasteiger partial charge in [-0.1, -0.05) is 12.1 Å². The molecule has 1 aliphatic heterocycles. The van der Waals surface area contributed by atoms with Crippen molar-refractivity contribution >= 4 is 29.9 Å². The van der Waals surface area contributed by atoms with E-state index < -0.39 is 0 Å².